The molecule has 5 nitrogen and oxygen atoms in total. The van der Waals surface area contributed by atoms with E-state index < -0.39 is 0 Å². The number of aromatic hydroxyl groups is 2. The Balaban J connectivity index is 1.92. The van der Waals surface area contributed by atoms with Gasteiger partial charge in [0, 0.05) is 16.7 Å². The molecule has 1 heterocycles. The highest BCUT2D eigenvalue weighted by Gasteiger charge is 2.15. The summed E-state index contributed by atoms with van der Waals surface area (Å²) in [6.07, 6.45) is 1.76. The van der Waals surface area contributed by atoms with Crippen LogP contribution in [0.1, 0.15) is 30.9 Å². The second-order valence-electron chi connectivity index (χ2n) is 6.01. The molecule has 0 aliphatic carbocycles. The summed E-state index contributed by atoms with van der Waals surface area (Å²) in [7, 11) is 0. The first-order valence-corrected chi connectivity index (χ1v) is 8.02. The molecule has 0 spiro atoms. The molecule has 0 atom stereocenters. The predicted molar refractivity (Wildman–Crippen MR) is 93.4 cm³/mol. The van der Waals surface area contributed by atoms with Crippen LogP contribution in [-0.2, 0) is 6.54 Å². The van der Waals surface area contributed by atoms with Gasteiger partial charge in [0.05, 0.1) is 12.7 Å². The number of hydrogen-bond donors (Lipinski definition) is 2. The molecular weight excluding hydrogens is 326 g/mol. The lowest BCUT2D eigenvalue weighted by atomic mass is 9.98. The third-order valence-corrected chi connectivity index (χ3v) is 4.05. The van der Waals surface area contributed by atoms with Crippen LogP contribution in [0, 0.1) is 0 Å². The molecule has 0 radical (unpaired) electrons. The highest BCUT2D eigenvalue weighted by molar-refractivity contribution is 6.30. The van der Waals surface area contributed by atoms with E-state index in [0.717, 1.165) is 11.1 Å². The van der Waals surface area contributed by atoms with Crippen molar-refractivity contribution in [1.82, 2.24) is 15.0 Å². The summed E-state index contributed by atoms with van der Waals surface area (Å²) in [5.74, 6) is 0.190. The van der Waals surface area contributed by atoms with E-state index in [9.17, 15) is 10.2 Å². The van der Waals surface area contributed by atoms with Gasteiger partial charge >= 0.3 is 0 Å². The first kappa shape index (κ1) is 16.3. The van der Waals surface area contributed by atoms with E-state index in [4.69, 9.17) is 11.6 Å². The minimum atomic E-state index is -0.0216. The van der Waals surface area contributed by atoms with Crippen LogP contribution >= 0.6 is 11.6 Å². The number of halogens is 1. The van der Waals surface area contributed by atoms with Gasteiger partial charge in [-0.2, -0.15) is 0 Å². The van der Waals surface area contributed by atoms with Gasteiger partial charge in [0.15, 0.2) is 0 Å². The van der Waals surface area contributed by atoms with Crippen LogP contribution in [0.25, 0.3) is 11.3 Å². The lowest BCUT2D eigenvalue weighted by Gasteiger charge is -2.11. The molecule has 0 saturated heterocycles. The average Bonchev–Trinajstić information content (AvgIpc) is 2.95. The zero-order valence-electron chi connectivity index (χ0n) is 13.4. The summed E-state index contributed by atoms with van der Waals surface area (Å²) >= 11 is 5.99. The maximum atomic E-state index is 10.1. The topological polar surface area (TPSA) is 71.2 Å². The van der Waals surface area contributed by atoms with Crippen LogP contribution in [0.4, 0.5) is 0 Å². The maximum absolute atomic E-state index is 10.1. The van der Waals surface area contributed by atoms with E-state index in [2.05, 4.69) is 10.3 Å². The highest BCUT2D eigenvalue weighted by Crippen LogP contribution is 2.36. The molecule has 6 heteroatoms. The summed E-state index contributed by atoms with van der Waals surface area (Å²) < 4.78 is 1.68. The van der Waals surface area contributed by atoms with E-state index in [1.54, 1.807) is 16.9 Å². The number of rotatable bonds is 4. The largest absolute Gasteiger partial charge is 0.508 e. The molecular formula is C18H18ClN3O2. The average molecular weight is 344 g/mol. The van der Waals surface area contributed by atoms with Crippen LogP contribution in [0.15, 0.2) is 42.6 Å². The Morgan fingerprint density at radius 1 is 1.12 bits per heavy atom. The number of aromatic nitrogens is 3. The van der Waals surface area contributed by atoms with Crippen molar-refractivity contribution in [2.75, 3.05) is 0 Å². The number of hydrogen-bond acceptors (Lipinski definition) is 4. The van der Waals surface area contributed by atoms with Gasteiger partial charge in [0.25, 0.3) is 0 Å². The molecule has 0 aliphatic heterocycles. The Labute approximate surface area is 145 Å². The molecule has 0 bridgehead atoms. The fourth-order valence-electron chi connectivity index (χ4n) is 2.58. The fourth-order valence-corrected chi connectivity index (χ4v) is 2.80. The zero-order chi connectivity index (χ0) is 17.3. The van der Waals surface area contributed by atoms with Crippen molar-refractivity contribution in [2.45, 2.75) is 26.3 Å². The van der Waals surface area contributed by atoms with Gasteiger partial charge in [-0.1, -0.05) is 42.8 Å². The second-order valence-corrected chi connectivity index (χ2v) is 6.45. The Morgan fingerprint density at radius 3 is 2.62 bits per heavy atom. The molecule has 2 N–H and O–H groups in total. The predicted octanol–water partition coefficient (Wildman–Crippen LogP) is 4.18. The molecule has 24 heavy (non-hydrogen) atoms. The van der Waals surface area contributed by atoms with Gasteiger partial charge in [-0.05, 0) is 35.2 Å². The van der Waals surface area contributed by atoms with Crippen molar-refractivity contribution >= 4 is 11.6 Å². The molecule has 1 aromatic heterocycles. The van der Waals surface area contributed by atoms with Crippen LogP contribution in [0.2, 0.25) is 5.02 Å². The van der Waals surface area contributed by atoms with Gasteiger partial charge in [-0.25, -0.2) is 4.68 Å². The van der Waals surface area contributed by atoms with Crippen molar-refractivity contribution in [1.29, 1.82) is 0 Å². The smallest absolute Gasteiger partial charge is 0.128 e. The fraction of sp³-hybridized carbons (Fsp3) is 0.222. The molecule has 124 valence electrons. The second kappa shape index (κ2) is 6.53. The Bertz CT molecular complexity index is 874. The van der Waals surface area contributed by atoms with Gasteiger partial charge in [0.1, 0.15) is 17.2 Å². The van der Waals surface area contributed by atoms with Crippen LogP contribution in [-0.4, -0.2) is 25.2 Å². The first-order chi connectivity index (χ1) is 11.4. The summed E-state index contributed by atoms with van der Waals surface area (Å²) in [6, 6.07) is 10.6. The summed E-state index contributed by atoms with van der Waals surface area (Å²) in [4.78, 5) is 0. The van der Waals surface area contributed by atoms with Crippen molar-refractivity contribution in [3.05, 3.63) is 58.7 Å². The van der Waals surface area contributed by atoms with Crippen molar-refractivity contribution < 1.29 is 10.2 Å². The van der Waals surface area contributed by atoms with Gasteiger partial charge < -0.3 is 10.2 Å². The maximum Gasteiger partial charge on any atom is 0.128 e. The van der Waals surface area contributed by atoms with Gasteiger partial charge in [-0.3, -0.25) is 0 Å². The van der Waals surface area contributed by atoms with Crippen molar-refractivity contribution in [2.24, 2.45) is 0 Å². The Morgan fingerprint density at radius 2 is 1.92 bits per heavy atom. The standard InChI is InChI=1S/C18H18ClN3O2/c1-11(2)14-7-15(18(24)8-17(14)23)16-10-22(21-20-16)9-12-4-3-5-13(19)6-12/h3-8,10-11,23-24H,9H2,1-2H3. The number of nitrogens with zero attached hydrogens (tertiary/aromatic N) is 3. The first-order valence-electron chi connectivity index (χ1n) is 7.65. The zero-order valence-corrected chi connectivity index (χ0v) is 14.2. The third kappa shape index (κ3) is 3.36. The third-order valence-electron chi connectivity index (χ3n) is 3.82. The lowest BCUT2D eigenvalue weighted by Crippen LogP contribution is -2.00. The van der Waals surface area contributed by atoms with Crippen LogP contribution < -0.4 is 0 Å². The lowest BCUT2D eigenvalue weighted by molar-refractivity contribution is 0.445. The quantitative estimate of drug-likeness (QED) is 0.745. The monoisotopic (exact) mass is 343 g/mol. The Hall–Kier alpha value is -2.53. The van der Waals surface area contributed by atoms with E-state index in [0.29, 0.717) is 22.8 Å². The van der Waals surface area contributed by atoms with E-state index in [-0.39, 0.29) is 17.4 Å². The number of phenolic OH excluding ortho intramolecular Hbond substituents is 2. The van der Waals surface area contributed by atoms with Crippen LogP contribution in [0.3, 0.4) is 0 Å². The van der Waals surface area contributed by atoms with Crippen LogP contribution in [0.5, 0.6) is 11.5 Å². The van der Waals surface area contributed by atoms with Crippen molar-refractivity contribution in [3.8, 4) is 22.8 Å². The molecule has 3 aromatic rings. The Kier molecular flexibility index (Phi) is 4.44. The van der Waals surface area contributed by atoms with E-state index in [1.165, 1.54) is 6.07 Å². The van der Waals surface area contributed by atoms with Gasteiger partial charge in [-0.15, -0.1) is 5.10 Å². The molecule has 3 rings (SSSR count). The molecule has 0 unspecified atom stereocenters. The molecule has 0 saturated carbocycles. The number of phenols is 2. The molecule has 0 fully saturated rings. The summed E-state index contributed by atoms with van der Waals surface area (Å²) in [5, 5.41) is 29.0. The van der Waals surface area contributed by atoms with Gasteiger partial charge in [0.2, 0.25) is 0 Å². The number of benzene rings is 2. The molecule has 0 amide bonds. The summed E-state index contributed by atoms with van der Waals surface area (Å²) in [5.41, 5.74) is 2.87. The van der Waals surface area contributed by atoms with E-state index >= 15 is 0 Å². The minimum absolute atomic E-state index is 0.0216. The minimum Gasteiger partial charge on any atom is -0.508 e. The molecule has 0 aliphatic rings. The highest BCUT2D eigenvalue weighted by atomic mass is 35.5. The molecule has 2 aromatic carbocycles. The summed E-state index contributed by atoms with van der Waals surface area (Å²) in [6.45, 7) is 4.49. The van der Waals surface area contributed by atoms with Crippen molar-refractivity contribution in [3.63, 3.8) is 0 Å². The van der Waals surface area contributed by atoms with E-state index in [1.807, 2.05) is 38.1 Å². The SMILES string of the molecule is CC(C)c1cc(-c2cn(Cc3cccc(Cl)c3)nn2)c(O)cc1O. The normalized spacial score (nSPS) is 11.2.